The lowest BCUT2D eigenvalue weighted by Gasteiger charge is -2.21. The molecule has 0 spiro atoms. The fourth-order valence-electron chi connectivity index (χ4n) is 2.73. The number of unbranched alkanes of at least 4 members (excludes halogenated alkanes) is 1. The molecular formula is C16H34N2O2. The summed E-state index contributed by atoms with van der Waals surface area (Å²) in [7, 11) is 1.71. The van der Waals surface area contributed by atoms with Gasteiger partial charge in [0.1, 0.15) is 0 Å². The normalized spacial score (nSPS) is 21.6. The van der Waals surface area contributed by atoms with Crippen LogP contribution in [0.5, 0.6) is 0 Å². The summed E-state index contributed by atoms with van der Waals surface area (Å²) in [6.45, 7) is 6.88. The zero-order valence-electron chi connectivity index (χ0n) is 13.5. The minimum Gasteiger partial charge on any atom is -0.382 e. The van der Waals surface area contributed by atoms with E-state index in [0.717, 1.165) is 25.6 Å². The van der Waals surface area contributed by atoms with E-state index in [4.69, 9.17) is 9.47 Å². The van der Waals surface area contributed by atoms with Crippen LogP contribution in [-0.4, -0.2) is 52.1 Å². The van der Waals surface area contributed by atoms with Crippen molar-refractivity contribution in [1.82, 2.24) is 10.6 Å². The Morgan fingerprint density at radius 3 is 2.90 bits per heavy atom. The molecule has 1 aliphatic heterocycles. The summed E-state index contributed by atoms with van der Waals surface area (Å²) in [6.07, 6.45) is 9.06. The molecule has 120 valence electrons. The standard InChI is InChI=1S/C16H34N2O2/c1-15(14-16-8-4-3-5-10-18-16)17-9-6-7-11-20-13-12-19-2/h15-18H,3-14H2,1-2H3. The first kappa shape index (κ1) is 17.9. The van der Waals surface area contributed by atoms with Gasteiger partial charge in [-0.25, -0.2) is 0 Å². The van der Waals surface area contributed by atoms with Gasteiger partial charge in [0, 0.05) is 25.8 Å². The number of hydrogen-bond donors (Lipinski definition) is 2. The Balaban J connectivity index is 1.90. The molecule has 0 aliphatic carbocycles. The van der Waals surface area contributed by atoms with Crippen LogP contribution in [0.15, 0.2) is 0 Å². The Morgan fingerprint density at radius 2 is 2.05 bits per heavy atom. The third kappa shape index (κ3) is 9.70. The predicted molar refractivity (Wildman–Crippen MR) is 84.3 cm³/mol. The third-order valence-corrected chi connectivity index (χ3v) is 3.94. The SMILES string of the molecule is COCCOCCCCNC(C)CC1CCCCCN1. The monoisotopic (exact) mass is 286 g/mol. The van der Waals surface area contributed by atoms with Crippen molar-refractivity contribution in [3.05, 3.63) is 0 Å². The molecule has 1 rings (SSSR count). The van der Waals surface area contributed by atoms with Crippen molar-refractivity contribution in [2.45, 2.75) is 64.0 Å². The molecule has 0 saturated carbocycles. The highest BCUT2D eigenvalue weighted by Gasteiger charge is 2.14. The maximum atomic E-state index is 5.45. The molecule has 0 radical (unpaired) electrons. The number of rotatable bonds is 11. The summed E-state index contributed by atoms with van der Waals surface area (Å²) in [6, 6.07) is 1.33. The molecule has 0 aromatic rings. The third-order valence-electron chi connectivity index (χ3n) is 3.94. The molecule has 1 aliphatic rings. The van der Waals surface area contributed by atoms with Crippen LogP contribution in [0.3, 0.4) is 0 Å². The van der Waals surface area contributed by atoms with Crippen molar-refractivity contribution in [2.75, 3.05) is 40.0 Å². The van der Waals surface area contributed by atoms with Gasteiger partial charge in [-0.05, 0) is 52.1 Å². The van der Waals surface area contributed by atoms with Gasteiger partial charge in [-0.15, -0.1) is 0 Å². The van der Waals surface area contributed by atoms with Crippen LogP contribution in [0, 0.1) is 0 Å². The molecule has 1 fully saturated rings. The van der Waals surface area contributed by atoms with Crippen molar-refractivity contribution in [1.29, 1.82) is 0 Å². The zero-order valence-corrected chi connectivity index (χ0v) is 13.5. The van der Waals surface area contributed by atoms with Gasteiger partial charge in [0.15, 0.2) is 0 Å². The van der Waals surface area contributed by atoms with Crippen LogP contribution in [-0.2, 0) is 9.47 Å². The lowest BCUT2D eigenvalue weighted by Crippen LogP contribution is -2.37. The van der Waals surface area contributed by atoms with Gasteiger partial charge >= 0.3 is 0 Å². The first-order valence-corrected chi connectivity index (χ1v) is 8.36. The molecular weight excluding hydrogens is 252 g/mol. The number of methoxy groups -OCH3 is 1. The molecule has 0 bridgehead atoms. The van der Waals surface area contributed by atoms with Crippen LogP contribution in [0.4, 0.5) is 0 Å². The van der Waals surface area contributed by atoms with Crippen molar-refractivity contribution in [3.63, 3.8) is 0 Å². The van der Waals surface area contributed by atoms with E-state index in [2.05, 4.69) is 17.6 Å². The van der Waals surface area contributed by atoms with E-state index in [1.165, 1.54) is 45.1 Å². The molecule has 20 heavy (non-hydrogen) atoms. The molecule has 1 saturated heterocycles. The van der Waals surface area contributed by atoms with Crippen molar-refractivity contribution in [2.24, 2.45) is 0 Å². The molecule has 0 aromatic heterocycles. The molecule has 0 aromatic carbocycles. The van der Waals surface area contributed by atoms with Crippen LogP contribution < -0.4 is 10.6 Å². The zero-order chi connectivity index (χ0) is 14.5. The quantitative estimate of drug-likeness (QED) is 0.572. The first-order chi connectivity index (χ1) is 9.83. The Morgan fingerprint density at radius 1 is 1.15 bits per heavy atom. The van der Waals surface area contributed by atoms with Crippen LogP contribution in [0.25, 0.3) is 0 Å². The molecule has 2 N–H and O–H groups in total. The van der Waals surface area contributed by atoms with Crippen LogP contribution >= 0.6 is 0 Å². The van der Waals surface area contributed by atoms with Gasteiger partial charge < -0.3 is 20.1 Å². The molecule has 2 unspecified atom stereocenters. The van der Waals surface area contributed by atoms with Crippen LogP contribution in [0.2, 0.25) is 0 Å². The first-order valence-electron chi connectivity index (χ1n) is 8.36. The summed E-state index contributed by atoms with van der Waals surface area (Å²) in [4.78, 5) is 0. The van der Waals surface area contributed by atoms with E-state index >= 15 is 0 Å². The van der Waals surface area contributed by atoms with Crippen LogP contribution in [0.1, 0.15) is 51.9 Å². The van der Waals surface area contributed by atoms with Gasteiger partial charge in [-0.2, -0.15) is 0 Å². The summed E-state index contributed by atoms with van der Waals surface area (Å²) in [5, 5.41) is 7.30. The van der Waals surface area contributed by atoms with E-state index in [9.17, 15) is 0 Å². The van der Waals surface area contributed by atoms with Crippen molar-refractivity contribution < 1.29 is 9.47 Å². The molecule has 4 nitrogen and oxygen atoms in total. The fraction of sp³-hybridized carbons (Fsp3) is 1.00. The van der Waals surface area contributed by atoms with E-state index in [0.29, 0.717) is 19.3 Å². The maximum absolute atomic E-state index is 5.45. The molecule has 0 amide bonds. The Bertz CT molecular complexity index is 207. The second-order valence-corrected chi connectivity index (χ2v) is 5.90. The van der Waals surface area contributed by atoms with E-state index in [-0.39, 0.29) is 0 Å². The van der Waals surface area contributed by atoms with Gasteiger partial charge in [-0.1, -0.05) is 12.8 Å². The maximum Gasteiger partial charge on any atom is 0.0700 e. The largest absolute Gasteiger partial charge is 0.382 e. The highest BCUT2D eigenvalue weighted by Crippen LogP contribution is 2.12. The number of hydrogen-bond acceptors (Lipinski definition) is 4. The average Bonchev–Trinajstić information content (AvgIpc) is 2.70. The lowest BCUT2D eigenvalue weighted by atomic mass is 10.0. The van der Waals surface area contributed by atoms with Gasteiger partial charge in [0.25, 0.3) is 0 Å². The molecule has 1 heterocycles. The minimum atomic E-state index is 0.611. The number of nitrogens with one attached hydrogen (secondary N) is 2. The Kier molecular flexibility index (Phi) is 11.2. The topological polar surface area (TPSA) is 42.5 Å². The average molecular weight is 286 g/mol. The van der Waals surface area contributed by atoms with Crippen molar-refractivity contribution >= 4 is 0 Å². The lowest BCUT2D eigenvalue weighted by molar-refractivity contribution is 0.0687. The van der Waals surface area contributed by atoms with Crippen molar-refractivity contribution in [3.8, 4) is 0 Å². The summed E-state index contributed by atoms with van der Waals surface area (Å²) < 4.78 is 10.4. The van der Waals surface area contributed by atoms with E-state index in [1.54, 1.807) is 7.11 Å². The summed E-state index contributed by atoms with van der Waals surface area (Å²) in [5.41, 5.74) is 0. The minimum absolute atomic E-state index is 0.611. The smallest absolute Gasteiger partial charge is 0.0700 e. The van der Waals surface area contributed by atoms with E-state index < -0.39 is 0 Å². The Hall–Kier alpha value is -0.160. The Labute approximate surface area is 125 Å². The van der Waals surface area contributed by atoms with E-state index in [1.807, 2.05) is 0 Å². The highest BCUT2D eigenvalue weighted by atomic mass is 16.5. The summed E-state index contributed by atoms with van der Waals surface area (Å²) in [5.74, 6) is 0. The predicted octanol–water partition coefficient (Wildman–Crippen LogP) is 2.33. The molecule has 4 heteroatoms. The molecule has 2 atom stereocenters. The summed E-state index contributed by atoms with van der Waals surface area (Å²) >= 11 is 0. The highest BCUT2D eigenvalue weighted by molar-refractivity contribution is 4.75. The van der Waals surface area contributed by atoms with Gasteiger partial charge in [-0.3, -0.25) is 0 Å². The number of ether oxygens (including phenoxy) is 2. The van der Waals surface area contributed by atoms with Gasteiger partial charge in [0.2, 0.25) is 0 Å². The second kappa shape index (κ2) is 12.6. The fourth-order valence-corrected chi connectivity index (χ4v) is 2.73. The second-order valence-electron chi connectivity index (χ2n) is 5.90. The van der Waals surface area contributed by atoms with Gasteiger partial charge in [0.05, 0.1) is 13.2 Å².